The molecule has 0 spiro atoms. The number of nitrogens with one attached hydrogen (secondary N) is 2. The zero-order valence-electron chi connectivity index (χ0n) is 23.1. The minimum atomic E-state index is -1.68. The van der Waals surface area contributed by atoms with Gasteiger partial charge in [-0.2, -0.15) is 0 Å². The van der Waals surface area contributed by atoms with E-state index in [0.717, 1.165) is 33.2 Å². The van der Waals surface area contributed by atoms with Gasteiger partial charge in [-0.25, -0.2) is 4.90 Å². The zero-order chi connectivity index (χ0) is 28.7. The number of aromatic amines is 1. The first-order chi connectivity index (χ1) is 19.9. The first-order valence-electron chi connectivity index (χ1n) is 14.2. The number of amides is 2. The summed E-state index contributed by atoms with van der Waals surface area (Å²) >= 11 is 0. The molecule has 7 heteroatoms. The van der Waals surface area contributed by atoms with Crippen LogP contribution in [0, 0.1) is 11.8 Å². The molecule has 0 bridgehead atoms. The number of anilines is 1. The van der Waals surface area contributed by atoms with E-state index in [4.69, 9.17) is 0 Å². The number of fused-ring (bicyclic) bond motifs is 2. The molecule has 2 aliphatic heterocycles. The Bertz CT molecular complexity index is 1650. The molecular weight excluding hydrogens is 514 g/mol. The van der Waals surface area contributed by atoms with Crippen LogP contribution in [-0.4, -0.2) is 39.5 Å². The third kappa shape index (κ3) is 4.28. The van der Waals surface area contributed by atoms with Gasteiger partial charge >= 0.3 is 5.97 Å². The van der Waals surface area contributed by atoms with Gasteiger partial charge in [0.15, 0.2) is 0 Å². The minimum absolute atomic E-state index is 0.0477. The molecule has 208 valence electrons. The number of carbonyl (C=O) groups excluding carboxylic acids is 2. The molecule has 3 aromatic carbocycles. The highest BCUT2D eigenvalue weighted by molar-refractivity contribution is 6.25. The van der Waals surface area contributed by atoms with E-state index in [2.05, 4.69) is 10.3 Å². The largest absolute Gasteiger partial charge is 0.480 e. The van der Waals surface area contributed by atoms with Gasteiger partial charge in [-0.1, -0.05) is 92.7 Å². The number of nitrogens with zero attached hydrogens (tertiary/aromatic N) is 1. The van der Waals surface area contributed by atoms with Crippen LogP contribution in [0.15, 0.2) is 85.1 Å². The number of carboxylic acids is 1. The molecule has 2 amide bonds. The summed E-state index contributed by atoms with van der Waals surface area (Å²) in [5, 5.41) is 15.1. The summed E-state index contributed by atoms with van der Waals surface area (Å²) in [6.45, 7) is 3.99. The number of para-hydroxylation sites is 2. The van der Waals surface area contributed by atoms with Crippen LogP contribution in [0.3, 0.4) is 0 Å². The second-order valence-corrected chi connectivity index (χ2v) is 10.9. The monoisotopic (exact) mass is 547 g/mol. The van der Waals surface area contributed by atoms with E-state index >= 15 is 0 Å². The number of hydrogen-bond acceptors (Lipinski definition) is 4. The molecule has 3 N–H and O–H groups in total. The molecule has 0 saturated carbocycles. The fraction of sp³-hybridized carbons (Fsp3) is 0.265. The number of carbonyl (C=O) groups is 3. The molecule has 0 aliphatic carbocycles. The van der Waals surface area contributed by atoms with Gasteiger partial charge in [0.1, 0.15) is 5.54 Å². The Kier molecular flexibility index (Phi) is 6.83. The molecule has 41 heavy (non-hydrogen) atoms. The molecule has 2 aliphatic rings. The molecule has 3 heterocycles. The zero-order valence-corrected chi connectivity index (χ0v) is 23.1. The summed E-state index contributed by atoms with van der Waals surface area (Å²) in [4.78, 5) is 46.6. The summed E-state index contributed by atoms with van der Waals surface area (Å²) in [6.07, 6.45) is 6.87. The van der Waals surface area contributed by atoms with E-state index in [9.17, 15) is 19.5 Å². The van der Waals surface area contributed by atoms with Crippen molar-refractivity contribution >= 4 is 40.4 Å². The summed E-state index contributed by atoms with van der Waals surface area (Å²) in [5.74, 6) is -3.90. The number of aryl methyl sites for hydroxylation is 2. The van der Waals surface area contributed by atoms with Crippen molar-refractivity contribution in [2.75, 3.05) is 4.90 Å². The topological polar surface area (TPSA) is 102 Å². The summed E-state index contributed by atoms with van der Waals surface area (Å²) in [5.41, 5.74) is 3.31. The van der Waals surface area contributed by atoms with E-state index in [-0.39, 0.29) is 12.3 Å². The van der Waals surface area contributed by atoms with Crippen molar-refractivity contribution < 1.29 is 19.5 Å². The van der Waals surface area contributed by atoms with Gasteiger partial charge in [0.25, 0.3) is 0 Å². The van der Waals surface area contributed by atoms with Crippen LogP contribution in [0.1, 0.15) is 36.1 Å². The summed E-state index contributed by atoms with van der Waals surface area (Å²) in [6, 6.07) is 22.5. The smallest absolute Gasteiger partial charge is 0.325 e. The maximum Gasteiger partial charge on any atom is 0.325 e. The van der Waals surface area contributed by atoms with Crippen molar-refractivity contribution in [3.05, 3.63) is 107 Å². The van der Waals surface area contributed by atoms with Crippen LogP contribution in [0.25, 0.3) is 17.0 Å². The Hall–Kier alpha value is -4.49. The van der Waals surface area contributed by atoms with Gasteiger partial charge in [0.2, 0.25) is 11.8 Å². The fourth-order valence-corrected chi connectivity index (χ4v) is 6.73. The van der Waals surface area contributed by atoms with Crippen LogP contribution in [0.4, 0.5) is 5.69 Å². The van der Waals surface area contributed by atoms with Crippen LogP contribution >= 0.6 is 0 Å². The van der Waals surface area contributed by atoms with Crippen molar-refractivity contribution in [2.24, 2.45) is 11.8 Å². The maximum atomic E-state index is 14.4. The van der Waals surface area contributed by atoms with E-state index in [0.29, 0.717) is 18.5 Å². The number of aromatic nitrogens is 1. The second kappa shape index (κ2) is 10.5. The van der Waals surface area contributed by atoms with Gasteiger partial charge < -0.3 is 10.1 Å². The van der Waals surface area contributed by atoms with Crippen molar-refractivity contribution in [3.63, 3.8) is 0 Å². The van der Waals surface area contributed by atoms with Crippen molar-refractivity contribution in [1.82, 2.24) is 10.3 Å². The Labute approximate surface area is 238 Å². The molecule has 0 radical (unpaired) electrons. The van der Waals surface area contributed by atoms with Gasteiger partial charge in [-0.05, 0) is 41.2 Å². The van der Waals surface area contributed by atoms with E-state index in [1.165, 1.54) is 4.90 Å². The summed E-state index contributed by atoms with van der Waals surface area (Å²) < 4.78 is 0. The molecule has 2 fully saturated rings. The highest BCUT2D eigenvalue weighted by Gasteiger charge is 2.68. The van der Waals surface area contributed by atoms with E-state index < -0.39 is 35.3 Å². The van der Waals surface area contributed by atoms with Crippen molar-refractivity contribution in [2.45, 2.75) is 44.7 Å². The number of hydrogen-bond donors (Lipinski definition) is 3. The quantitative estimate of drug-likeness (QED) is 0.265. The number of H-pyrrole nitrogens is 1. The van der Waals surface area contributed by atoms with Gasteiger partial charge in [-0.3, -0.25) is 19.7 Å². The molecular formula is C34H33N3O4. The average molecular weight is 548 g/mol. The lowest BCUT2D eigenvalue weighted by molar-refractivity contribution is -0.148. The predicted octanol–water partition coefficient (Wildman–Crippen LogP) is 5.15. The highest BCUT2D eigenvalue weighted by atomic mass is 16.4. The first-order valence-corrected chi connectivity index (χ1v) is 14.2. The molecule has 1 aromatic heterocycles. The second-order valence-electron chi connectivity index (χ2n) is 10.9. The minimum Gasteiger partial charge on any atom is -0.480 e. The molecule has 6 rings (SSSR count). The van der Waals surface area contributed by atoms with Gasteiger partial charge in [0, 0.05) is 29.6 Å². The number of aliphatic carboxylic acids is 1. The van der Waals surface area contributed by atoms with Crippen LogP contribution < -0.4 is 10.2 Å². The fourth-order valence-electron chi connectivity index (χ4n) is 6.73. The van der Waals surface area contributed by atoms with E-state index in [1.54, 1.807) is 6.20 Å². The number of imide groups is 1. The van der Waals surface area contributed by atoms with Crippen LogP contribution in [0.5, 0.6) is 0 Å². The number of benzene rings is 3. The lowest BCUT2D eigenvalue weighted by atomic mass is 9.76. The average Bonchev–Trinajstić information content (AvgIpc) is 3.63. The normalized spacial score (nSPS) is 24.0. The Morgan fingerprint density at radius 1 is 0.902 bits per heavy atom. The first kappa shape index (κ1) is 26.7. The third-order valence-corrected chi connectivity index (χ3v) is 8.70. The molecule has 4 aromatic rings. The third-order valence-electron chi connectivity index (χ3n) is 8.70. The van der Waals surface area contributed by atoms with Crippen LogP contribution in [0.2, 0.25) is 0 Å². The molecule has 4 unspecified atom stereocenters. The van der Waals surface area contributed by atoms with Crippen molar-refractivity contribution in [1.29, 1.82) is 0 Å². The Balaban J connectivity index is 1.50. The maximum absolute atomic E-state index is 14.4. The molecule has 7 nitrogen and oxygen atoms in total. The molecule has 4 atom stereocenters. The number of rotatable bonds is 8. The highest BCUT2D eigenvalue weighted by Crippen LogP contribution is 2.48. The van der Waals surface area contributed by atoms with Gasteiger partial charge in [-0.15, -0.1) is 0 Å². The molecule has 2 saturated heterocycles. The van der Waals surface area contributed by atoms with Crippen LogP contribution in [-0.2, 0) is 33.6 Å². The summed E-state index contributed by atoms with van der Waals surface area (Å²) in [7, 11) is 0. The Morgan fingerprint density at radius 2 is 1.59 bits per heavy atom. The van der Waals surface area contributed by atoms with Crippen molar-refractivity contribution in [3.8, 4) is 0 Å². The standard InChI is InChI=1S/C34H33N3O4/c1-3-22-13-10-14-23(4-2)30(22)37-31(38)28-27(18-17-21-11-6-5-7-12-21)36-34(33(40)41,29(28)32(37)39)19-24-20-35-26-16-9-8-15-25(24)26/h5-18,20,27-29,35-36H,3-4,19H2,1-2H3,(H,40,41). The van der Waals surface area contributed by atoms with E-state index in [1.807, 2.05) is 98.8 Å². The van der Waals surface area contributed by atoms with Gasteiger partial charge in [0.05, 0.1) is 17.5 Å². The predicted molar refractivity (Wildman–Crippen MR) is 159 cm³/mol. The lowest BCUT2D eigenvalue weighted by Crippen LogP contribution is -2.58. The lowest BCUT2D eigenvalue weighted by Gasteiger charge is -2.31. The number of carboxylic acid groups (broad SMARTS) is 1. The Morgan fingerprint density at radius 3 is 2.27 bits per heavy atom. The SMILES string of the molecule is CCc1cccc(CC)c1N1C(=O)C2C(C=Cc3ccccc3)NC(Cc3c[nH]c4ccccc34)(C(=O)O)C2C1=O.